The van der Waals surface area contributed by atoms with E-state index in [-0.39, 0.29) is 0 Å². The van der Waals surface area contributed by atoms with E-state index in [2.05, 4.69) is 60.4 Å². The predicted molar refractivity (Wildman–Crippen MR) is 86.4 cm³/mol. The Morgan fingerprint density at radius 2 is 1.75 bits per heavy atom. The normalized spacial score (nSPS) is 11.2. The summed E-state index contributed by atoms with van der Waals surface area (Å²) in [6, 6.07) is 19.7. The number of hydrogen-bond acceptors (Lipinski definition) is 1. The number of benzene rings is 2. The molecule has 0 fully saturated rings. The van der Waals surface area contributed by atoms with Gasteiger partial charge >= 0.3 is 123 Å². The van der Waals surface area contributed by atoms with Crippen LogP contribution in [0.4, 0.5) is 0 Å². The van der Waals surface area contributed by atoms with E-state index in [1.165, 1.54) is 36.1 Å². The molecule has 2 aromatic heterocycles. The minimum atomic E-state index is 0.358. The summed E-state index contributed by atoms with van der Waals surface area (Å²) < 4.78 is 2.71. The van der Waals surface area contributed by atoms with Crippen molar-refractivity contribution in [3.63, 3.8) is 0 Å². The molecule has 0 aliphatic rings. The van der Waals surface area contributed by atoms with Gasteiger partial charge in [-0.3, -0.25) is 0 Å². The summed E-state index contributed by atoms with van der Waals surface area (Å²) in [7, 11) is 0. The third-order valence-corrected chi connectivity index (χ3v) is 5.90. The second kappa shape index (κ2) is 4.59. The van der Waals surface area contributed by atoms with Gasteiger partial charge in [-0.2, -0.15) is 0 Å². The van der Waals surface area contributed by atoms with Crippen molar-refractivity contribution in [1.82, 2.24) is 4.98 Å². The number of fused-ring (bicyclic) bond motifs is 3. The van der Waals surface area contributed by atoms with Gasteiger partial charge in [0.1, 0.15) is 0 Å². The Balaban J connectivity index is 2.00. The first kappa shape index (κ1) is 11.9. The number of nitrogens with zero attached hydrogens (tertiary/aromatic N) is 1. The van der Waals surface area contributed by atoms with Crippen LogP contribution >= 0.6 is 0 Å². The van der Waals surface area contributed by atoms with Crippen molar-refractivity contribution in [2.24, 2.45) is 0 Å². The average molecular weight is 322 g/mol. The molecule has 2 heteroatoms. The summed E-state index contributed by atoms with van der Waals surface area (Å²) in [5.74, 6) is 0. The zero-order chi connectivity index (χ0) is 13.5. The van der Waals surface area contributed by atoms with E-state index in [4.69, 9.17) is 0 Å². The summed E-state index contributed by atoms with van der Waals surface area (Å²) in [6.45, 7) is 2.14. The molecule has 0 aliphatic carbocycles. The van der Waals surface area contributed by atoms with Crippen molar-refractivity contribution < 1.29 is 0 Å². The SMILES string of the molecule is Cc1cccc(-c2ccc3[se]c4ncccc4c3c2)c1. The number of pyridine rings is 1. The van der Waals surface area contributed by atoms with Gasteiger partial charge in [0.05, 0.1) is 0 Å². The van der Waals surface area contributed by atoms with Crippen molar-refractivity contribution >= 4 is 33.9 Å². The molecule has 20 heavy (non-hydrogen) atoms. The van der Waals surface area contributed by atoms with Crippen LogP contribution in [0.1, 0.15) is 5.56 Å². The predicted octanol–water partition coefficient (Wildman–Crippen LogP) is 4.42. The summed E-state index contributed by atoms with van der Waals surface area (Å²) in [4.78, 5) is 4.52. The Kier molecular flexibility index (Phi) is 2.73. The molecule has 0 spiro atoms. The molecule has 1 nitrogen and oxygen atoms in total. The van der Waals surface area contributed by atoms with Gasteiger partial charge in [0.15, 0.2) is 0 Å². The van der Waals surface area contributed by atoms with Gasteiger partial charge in [0.2, 0.25) is 0 Å². The molecule has 96 valence electrons. The zero-order valence-corrected chi connectivity index (χ0v) is 12.8. The molecular formula is C18H13NSe. The number of aromatic nitrogens is 1. The van der Waals surface area contributed by atoms with E-state index in [0.29, 0.717) is 14.5 Å². The fourth-order valence-electron chi connectivity index (χ4n) is 2.61. The van der Waals surface area contributed by atoms with E-state index >= 15 is 0 Å². The van der Waals surface area contributed by atoms with Crippen LogP contribution in [0.25, 0.3) is 30.6 Å². The van der Waals surface area contributed by atoms with Crippen LogP contribution in [0.15, 0.2) is 60.8 Å². The maximum absolute atomic E-state index is 4.52. The van der Waals surface area contributed by atoms with Crippen LogP contribution in [0, 0.1) is 6.92 Å². The second-order valence-corrected chi connectivity index (χ2v) is 7.20. The van der Waals surface area contributed by atoms with Crippen molar-refractivity contribution in [3.05, 3.63) is 66.4 Å². The van der Waals surface area contributed by atoms with E-state index in [1.54, 1.807) is 0 Å². The van der Waals surface area contributed by atoms with Gasteiger partial charge in [-0.15, -0.1) is 0 Å². The average Bonchev–Trinajstić information content (AvgIpc) is 2.85. The van der Waals surface area contributed by atoms with E-state index < -0.39 is 0 Å². The monoisotopic (exact) mass is 323 g/mol. The van der Waals surface area contributed by atoms with Crippen LogP contribution < -0.4 is 0 Å². The minimum absolute atomic E-state index is 0.358. The van der Waals surface area contributed by atoms with Gasteiger partial charge in [-0.1, -0.05) is 0 Å². The van der Waals surface area contributed by atoms with Crippen LogP contribution in [-0.4, -0.2) is 19.5 Å². The van der Waals surface area contributed by atoms with E-state index in [9.17, 15) is 0 Å². The van der Waals surface area contributed by atoms with Gasteiger partial charge in [-0.05, 0) is 0 Å². The molecule has 2 heterocycles. The first-order valence-corrected chi connectivity index (χ1v) is 8.37. The molecule has 2 aromatic carbocycles. The third-order valence-electron chi connectivity index (χ3n) is 3.60. The van der Waals surface area contributed by atoms with Crippen LogP contribution in [-0.2, 0) is 0 Å². The number of rotatable bonds is 1. The molecule has 0 aliphatic heterocycles. The van der Waals surface area contributed by atoms with Gasteiger partial charge < -0.3 is 0 Å². The van der Waals surface area contributed by atoms with Crippen molar-refractivity contribution in [1.29, 1.82) is 0 Å². The molecule has 0 amide bonds. The van der Waals surface area contributed by atoms with Crippen molar-refractivity contribution in [2.45, 2.75) is 6.92 Å². The quantitative estimate of drug-likeness (QED) is 0.473. The number of aryl methyl sites for hydroxylation is 1. The van der Waals surface area contributed by atoms with E-state index in [1.807, 2.05) is 12.3 Å². The molecule has 0 saturated heterocycles. The zero-order valence-electron chi connectivity index (χ0n) is 11.1. The Morgan fingerprint density at radius 3 is 2.65 bits per heavy atom. The van der Waals surface area contributed by atoms with Crippen molar-refractivity contribution in [2.75, 3.05) is 0 Å². The molecule has 0 atom stereocenters. The summed E-state index contributed by atoms with van der Waals surface area (Å²) in [6.07, 6.45) is 1.90. The maximum atomic E-state index is 4.52. The van der Waals surface area contributed by atoms with Crippen LogP contribution in [0.5, 0.6) is 0 Å². The molecule has 0 radical (unpaired) electrons. The Bertz CT molecular complexity index is 921. The molecule has 4 rings (SSSR count). The van der Waals surface area contributed by atoms with Crippen LogP contribution in [0.2, 0.25) is 0 Å². The Hall–Kier alpha value is -1.89. The Morgan fingerprint density at radius 1 is 0.850 bits per heavy atom. The summed E-state index contributed by atoms with van der Waals surface area (Å²) in [5.41, 5.74) is 3.88. The molecular weight excluding hydrogens is 309 g/mol. The first-order valence-electron chi connectivity index (χ1n) is 6.65. The summed E-state index contributed by atoms with van der Waals surface area (Å²) in [5, 5.41) is 2.68. The third kappa shape index (κ3) is 1.89. The van der Waals surface area contributed by atoms with Crippen LogP contribution in [0.3, 0.4) is 0 Å². The molecule has 0 N–H and O–H groups in total. The molecule has 0 bridgehead atoms. The fourth-order valence-corrected chi connectivity index (χ4v) is 4.76. The van der Waals surface area contributed by atoms with Gasteiger partial charge in [0.25, 0.3) is 0 Å². The number of hydrogen-bond donors (Lipinski definition) is 0. The standard InChI is InChI=1S/C18H13NSe/c1-12-4-2-5-13(10-12)14-7-8-17-16(11-14)15-6-3-9-19-18(15)20-17/h2-11H,1H3. The van der Waals surface area contributed by atoms with Gasteiger partial charge in [0, 0.05) is 0 Å². The molecule has 0 unspecified atom stereocenters. The van der Waals surface area contributed by atoms with E-state index in [0.717, 1.165) is 0 Å². The fraction of sp³-hybridized carbons (Fsp3) is 0.0556. The Labute approximate surface area is 123 Å². The van der Waals surface area contributed by atoms with Gasteiger partial charge in [-0.25, -0.2) is 0 Å². The summed E-state index contributed by atoms with van der Waals surface area (Å²) >= 11 is 0.358. The molecule has 0 saturated carbocycles. The first-order chi connectivity index (χ1) is 9.81. The second-order valence-electron chi connectivity index (χ2n) is 5.04. The topological polar surface area (TPSA) is 12.9 Å². The molecule has 4 aromatic rings. The van der Waals surface area contributed by atoms with Crippen molar-refractivity contribution in [3.8, 4) is 11.1 Å².